The van der Waals surface area contributed by atoms with E-state index in [0.29, 0.717) is 5.92 Å². The van der Waals surface area contributed by atoms with Crippen LogP contribution < -0.4 is 10.1 Å². The summed E-state index contributed by atoms with van der Waals surface area (Å²) >= 11 is 0. The molecule has 1 aromatic heterocycles. The van der Waals surface area contributed by atoms with Crippen LogP contribution in [0.2, 0.25) is 0 Å². The minimum atomic E-state index is 0.453. The fourth-order valence-electron chi connectivity index (χ4n) is 3.71. The normalized spacial score (nSPS) is 12.9. The second-order valence-electron chi connectivity index (χ2n) is 7.10. The lowest BCUT2D eigenvalue weighted by Gasteiger charge is -2.14. The summed E-state index contributed by atoms with van der Waals surface area (Å²) in [7, 11) is 1.71. The number of rotatable bonds is 5. The number of ether oxygens (including phenoxy) is 1. The van der Waals surface area contributed by atoms with Crippen molar-refractivity contribution in [3.8, 4) is 11.4 Å². The van der Waals surface area contributed by atoms with E-state index < -0.39 is 0 Å². The van der Waals surface area contributed by atoms with Crippen LogP contribution in [0, 0.1) is 0 Å². The molecule has 3 aromatic rings. The highest BCUT2D eigenvalue weighted by molar-refractivity contribution is 5.59. The fraction of sp³-hybridized carbons (Fsp3) is 0.318. The number of nitrogens with zero attached hydrogens (tertiary/aromatic N) is 2. The van der Waals surface area contributed by atoms with Crippen molar-refractivity contribution in [2.75, 3.05) is 19.0 Å². The standard InChI is InChI=1S/C22H25N3O/c1-15(2)18-9-4-5-10-21(18)25-22-19(11-12-23-22)20(24-25)14-16-7-6-8-17(13-16)26-3/h4-10,13,15,23H,11-12,14H2,1-3H3. The van der Waals surface area contributed by atoms with E-state index in [2.05, 4.69) is 60.2 Å². The zero-order valence-corrected chi connectivity index (χ0v) is 15.6. The summed E-state index contributed by atoms with van der Waals surface area (Å²) in [5.74, 6) is 2.49. The largest absolute Gasteiger partial charge is 0.497 e. The molecule has 134 valence electrons. The molecular formula is C22H25N3O. The molecule has 0 spiro atoms. The van der Waals surface area contributed by atoms with Crippen molar-refractivity contribution in [1.29, 1.82) is 0 Å². The zero-order chi connectivity index (χ0) is 18.1. The molecule has 0 unspecified atom stereocenters. The van der Waals surface area contributed by atoms with Crippen LogP contribution in [0.5, 0.6) is 5.75 Å². The van der Waals surface area contributed by atoms with Gasteiger partial charge in [-0.15, -0.1) is 0 Å². The Morgan fingerprint density at radius 1 is 1.15 bits per heavy atom. The number of nitrogens with one attached hydrogen (secondary N) is 1. The van der Waals surface area contributed by atoms with E-state index in [-0.39, 0.29) is 0 Å². The first-order valence-electron chi connectivity index (χ1n) is 9.24. The highest BCUT2D eigenvalue weighted by Gasteiger charge is 2.24. The molecular weight excluding hydrogens is 322 g/mol. The van der Waals surface area contributed by atoms with Crippen LogP contribution in [0.1, 0.15) is 42.1 Å². The summed E-state index contributed by atoms with van der Waals surface area (Å²) in [4.78, 5) is 0. The summed E-state index contributed by atoms with van der Waals surface area (Å²) in [6, 6.07) is 16.8. The number of methoxy groups -OCH3 is 1. The van der Waals surface area contributed by atoms with Gasteiger partial charge in [-0.05, 0) is 41.7 Å². The molecule has 4 rings (SSSR count). The number of fused-ring (bicyclic) bond motifs is 1. The molecule has 0 saturated heterocycles. The number of hydrogen-bond donors (Lipinski definition) is 1. The summed E-state index contributed by atoms with van der Waals surface area (Å²) < 4.78 is 7.47. The van der Waals surface area contributed by atoms with Crippen LogP contribution in [0.3, 0.4) is 0 Å². The SMILES string of the molecule is COc1cccc(Cc2nn(-c3ccccc3C(C)C)c3c2CCN3)c1. The Hall–Kier alpha value is -2.75. The fourth-order valence-corrected chi connectivity index (χ4v) is 3.71. The van der Waals surface area contributed by atoms with Gasteiger partial charge in [0, 0.05) is 18.5 Å². The minimum Gasteiger partial charge on any atom is -0.497 e. The van der Waals surface area contributed by atoms with E-state index in [0.717, 1.165) is 36.6 Å². The molecule has 0 atom stereocenters. The smallest absolute Gasteiger partial charge is 0.133 e. The first kappa shape index (κ1) is 16.7. The molecule has 2 aromatic carbocycles. The number of aromatic nitrogens is 2. The predicted octanol–water partition coefficient (Wildman–Crippen LogP) is 4.56. The molecule has 1 N–H and O–H groups in total. The molecule has 1 aliphatic rings. The number of benzene rings is 2. The molecule has 1 aliphatic heterocycles. The van der Waals surface area contributed by atoms with Crippen molar-refractivity contribution in [2.45, 2.75) is 32.6 Å². The number of para-hydroxylation sites is 1. The van der Waals surface area contributed by atoms with E-state index in [9.17, 15) is 0 Å². The van der Waals surface area contributed by atoms with Crippen molar-refractivity contribution >= 4 is 5.82 Å². The van der Waals surface area contributed by atoms with Crippen LogP contribution in [-0.2, 0) is 12.8 Å². The summed E-state index contributed by atoms with van der Waals surface area (Å²) in [6.07, 6.45) is 1.84. The van der Waals surface area contributed by atoms with Gasteiger partial charge in [-0.2, -0.15) is 5.10 Å². The first-order valence-corrected chi connectivity index (χ1v) is 9.24. The molecule has 2 heterocycles. The zero-order valence-electron chi connectivity index (χ0n) is 15.6. The van der Waals surface area contributed by atoms with Gasteiger partial charge in [-0.3, -0.25) is 0 Å². The molecule has 4 heteroatoms. The summed E-state index contributed by atoms with van der Waals surface area (Å²) in [5.41, 5.74) is 6.20. The van der Waals surface area contributed by atoms with E-state index in [4.69, 9.17) is 9.84 Å². The molecule has 0 amide bonds. The second kappa shape index (κ2) is 6.87. The lowest BCUT2D eigenvalue weighted by atomic mass is 10.0. The van der Waals surface area contributed by atoms with Gasteiger partial charge in [0.15, 0.2) is 0 Å². The van der Waals surface area contributed by atoms with E-state index in [1.165, 1.54) is 22.4 Å². The van der Waals surface area contributed by atoms with Gasteiger partial charge in [0.05, 0.1) is 18.5 Å². The Kier molecular flexibility index (Phi) is 4.41. The Morgan fingerprint density at radius 3 is 2.81 bits per heavy atom. The molecule has 0 bridgehead atoms. The van der Waals surface area contributed by atoms with Crippen molar-refractivity contribution in [1.82, 2.24) is 9.78 Å². The van der Waals surface area contributed by atoms with E-state index >= 15 is 0 Å². The van der Waals surface area contributed by atoms with Gasteiger partial charge in [-0.1, -0.05) is 44.2 Å². The lowest BCUT2D eigenvalue weighted by Crippen LogP contribution is -2.08. The van der Waals surface area contributed by atoms with Gasteiger partial charge in [0.25, 0.3) is 0 Å². The summed E-state index contributed by atoms with van der Waals surface area (Å²) in [6.45, 7) is 5.43. The molecule has 26 heavy (non-hydrogen) atoms. The van der Waals surface area contributed by atoms with Gasteiger partial charge in [-0.25, -0.2) is 4.68 Å². The van der Waals surface area contributed by atoms with E-state index in [1.54, 1.807) is 7.11 Å². The maximum absolute atomic E-state index is 5.36. The van der Waals surface area contributed by atoms with Gasteiger partial charge >= 0.3 is 0 Å². The molecule has 4 nitrogen and oxygen atoms in total. The van der Waals surface area contributed by atoms with Crippen molar-refractivity contribution < 1.29 is 4.74 Å². The Bertz CT molecular complexity index is 927. The Morgan fingerprint density at radius 2 is 2.00 bits per heavy atom. The predicted molar refractivity (Wildman–Crippen MR) is 106 cm³/mol. The quantitative estimate of drug-likeness (QED) is 0.735. The summed E-state index contributed by atoms with van der Waals surface area (Å²) in [5, 5.41) is 8.55. The molecule has 0 saturated carbocycles. The van der Waals surface area contributed by atoms with E-state index in [1.807, 2.05) is 12.1 Å². The number of anilines is 1. The van der Waals surface area contributed by atoms with Crippen molar-refractivity contribution in [2.24, 2.45) is 0 Å². The lowest BCUT2D eigenvalue weighted by molar-refractivity contribution is 0.414. The number of hydrogen-bond acceptors (Lipinski definition) is 3. The molecule has 0 radical (unpaired) electrons. The third kappa shape index (κ3) is 2.96. The van der Waals surface area contributed by atoms with Crippen LogP contribution in [0.25, 0.3) is 5.69 Å². The molecule has 0 fully saturated rings. The van der Waals surface area contributed by atoms with Crippen LogP contribution in [-0.4, -0.2) is 23.4 Å². The van der Waals surface area contributed by atoms with Crippen LogP contribution >= 0.6 is 0 Å². The monoisotopic (exact) mass is 347 g/mol. The average Bonchev–Trinajstić information content (AvgIpc) is 3.26. The van der Waals surface area contributed by atoms with Crippen LogP contribution in [0.15, 0.2) is 48.5 Å². The maximum Gasteiger partial charge on any atom is 0.133 e. The first-order chi connectivity index (χ1) is 12.7. The van der Waals surface area contributed by atoms with Gasteiger partial charge < -0.3 is 10.1 Å². The Labute approximate surface area is 154 Å². The van der Waals surface area contributed by atoms with Crippen molar-refractivity contribution in [3.63, 3.8) is 0 Å². The third-order valence-electron chi connectivity index (χ3n) is 5.03. The van der Waals surface area contributed by atoms with Gasteiger partial charge in [0.2, 0.25) is 0 Å². The highest BCUT2D eigenvalue weighted by atomic mass is 16.5. The molecule has 0 aliphatic carbocycles. The van der Waals surface area contributed by atoms with Crippen LogP contribution in [0.4, 0.5) is 5.82 Å². The topological polar surface area (TPSA) is 39.1 Å². The average molecular weight is 347 g/mol. The minimum absolute atomic E-state index is 0.453. The second-order valence-corrected chi connectivity index (χ2v) is 7.10. The maximum atomic E-state index is 5.36. The Balaban J connectivity index is 1.76. The highest BCUT2D eigenvalue weighted by Crippen LogP contribution is 2.33. The van der Waals surface area contributed by atoms with Crippen molar-refractivity contribution in [3.05, 3.63) is 70.9 Å². The third-order valence-corrected chi connectivity index (χ3v) is 5.03. The van der Waals surface area contributed by atoms with Gasteiger partial charge in [0.1, 0.15) is 11.6 Å².